The molecule has 0 aliphatic carbocycles. The fraction of sp³-hybridized carbons (Fsp3) is 1.00. The summed E-state index contributed by atoms with van der Waals surface area (Å²) < 4.78 is 0. The summed E-state index contributed by atoms with van der Waals surface area (Å²) in [5.41, 5.74) is 0.0721. The number of aliphatic hydroxyl groups excluding tert-OH is 1. The zero-order valence-electron chi connectivity index (χ0n) is 14.2. The summed E-state index contributed by atoms with van der Waals surface area (Å²) in [4.78, 5) is 2.58. The zero-order chi connectivity index (χ0) is 14.9. The van der Waals surface area contributed by atoms with E-state index in [0.717, 1.165) is 31.2 Å². The van der Waals surface area contributed by atoms with Crippen molar-refractivity contribution in [3.63, 3.8) is 0 Å². The lowest BCUT2D eigenvalue weighted by molar-refractivity contribution is 0.0754. The highest BCUT2D eigenvalue weighted by Gasteiger charge is 2.25. The molecule has 2 heteroatoms. The maximum atomic E-state index is 9.69. The van der Waals surface area contributed by atoms with E-state index in [4.69, 9.17) is 0 Å². The third kappa shape index (κ3) is 9.45. The van der Waals surface area contributed by atoms with Crippen LogP contribution in [0.3, 0.4) is 0 Å². The van der Waals surface area contributed by atoms with Gasteiger partial charge in [0.1, 0.15) is 0 Å². The molecular formula is C17H37NO. The van der Waals surface area contributed by atoms with Crippen LogP contribution in [0.15, 0.2) is 0 Å². The molecule has 0 spiro atoms. The normalized spacial score (nSPS) is 15.5. The number of aliphatic hydroxyl groups is 1. The smallest absolute Gasteiger partial charge is 0.0497 e. The Morgan fingerprint density at radius 3 is 1.79 bits per heavy atom. The second kappa shape index (κ2) is 9.77. The Morgan fingerprint density at radius 1 is 1.00 bits per heavy atom. The average Bonchev–Trinajstić information content (AvgIpc) is 2.32. The second-order valence-electron chi connectivity index (χ2n) is 7.36. The van der Waals surface area contributed by atoms with Crippen molar-refractivity contribution in [1.82, 2.24) is 4.90 Å². The Labute approximate surface area is 121 Å². The SMILES string of the molecule is CCCC(C)(CO)CN(CCC(C)C)CCC(C)C. The van der Waals surface area contributed by atoms with Crippen molar-refractivity contribution in [1.29, 1.82) is 0 Å². The van der Waals surface area contributed by atoms with Gasteiger partial charge in [-0.3, -0.25) is 0 Å². The second-order valence-corrected chi connectivity index (χ2v) is 7.36. The van der Waals surface area contributed by atoms with Crippen LogP contribution in [0.5, 0.6) is 0 Å². The Balaban J connectivity index is 4.44. The highest BCUT2D eigenvalue weighted by Crippen LogP contribution is 2.24. The van der Waals surface area contributed by atoms with E-state index in [-0.39, 0.29) is 5.41 Å². The minimum Gasteiger partial charge on any atom is -0.396 e. The largest absolute Gasteiger partial charge is 0.396 e. The highest BCUT2D eigenvalue weighted by atomic mass is 16.3. The molecule has 0 saturated carbocycles. The van der Waals surface area contributed by atoms with E-state index in [0.29, 0.717) is 6.61 Å². The first kappa shape index (κ1) is 18.9. The van der Waals surface area contributed by atoms with E-state index in [1.54, 1.807) is 0 Å². The van der Waals surface area contributed by atoms with Gasteiger partial charge in [0.25, 0.3) is 0 Å². The van der Waals surface area contributed by atoms with Gasteiger partial charge in [-0.25, -0.2) is 0 Å². The minimum absolute atomic E-state index is 0.0721. The Bertz CT molecular complexity index is 203. The van der Waals surface area contributed by atoms with Crippen LogP contribution in [-0.4, -0.2) is 36.2 Å². The van der Waals surface area contributed by atoms with Crippen LogP contribution in [0, 0.1) is 17.3 Å². The van der Waals surface area contributed by atoms with Crippen LogP contribution >= 0.6 is 0 Å². The molecule has 1 unspecified atom stereocenters. The molecule has 0 heterocycles. The van der Waals surface area contributed by atoms with E-state index < -0.39 is 0 Å². The summed E-state index contributed by atoms with van der Waals surface area (Å²) in [5, 5.41) is 9.69. The molecule has 116 valence electrons. The molecule has 0 aliphatic rings. The van der Waals surface area contributed by atoms with E-state index in [1.165, 1.54) is 25.9 Å². The first-order valence-corrected chi connectivity index (χ1v) is 8.16. The fourth-order valence-corrected chi connectivity index (χ4v) is 2.50. The molecule has 19 heavy (non-hydrogen) atoms. The van der Waals surface area contributed by atoms with E-state index >= 15 is 0 Å². The summed E-state index contributed by atoms with van der Waals surface area (Å²) in [6.07, 6.45) is 4.78. The maximum Gasteiger partial charge on any atom is 0.0497 e. The van der Waals surface area contributed by atoms with Gasteiger partial charge >= 0.3 is 0 Å². The highest BCUT2D eigenvalue weighted by molar-refractivity contribution is 4.78. The molecule has 1 N–H and O–H groups in total. The van der Waals surface area contributed by atoms with Crippen molar-refractivity contribution in [2.75, 3.05) is 26.2 Å². The molecule has 0 aromatic heterocycles. The molecule has 0 aromatic carbocycles. The molecule has 0 aliphatic heterocycles. The standard InChI is InChI=1S/C17H37NO/c1-7-10-17(6,14-19)13-18(11-8-15(2)3)12-9-16(4)5/h15-16,19H,7-14H2,1-6H3. The monoisotopic (exact) mass is 271 g/mol. The summed E-state index contributed by atoms with van der Waals surface area (Å²) in [7, 11) is 0. The predicted octanol–water partition coefficient (Wildman–Crippen LogP) is 4.18. The molecule has 0 bridgehead atoms. The van der Waals surface area contributed by atoms with Crippen LogP contribution in [0.2, 0.25) is 0 Å². The van der Waals surface area contributed by atoms with Crippen LogP contribution in [0.25, 0.3) is 0 Å². The van der Waals surface area contributed by atoms with Gasteiger partial charge in [-0.15, -0.1) is 0 Å². The average molecular weight is 271 g/mol. The lowest BCUT2D eigenvalue weighted by Crippen LogP contribution is -2.40. The van der Waals surface area contributed by atoms with Gasteiger partial charge < -0.3 is 10.0 Å². The van der Waals surface area contributed by atoms with Gasteiger partial charge in [-0.1, -0.05) is 48.0 Å². The van der Waals surface area contributed by atoms with Crippen molar-refractivity contribution in [2.45, 2.75) is 67.2 Å². The molecule has 0 aromatic rings. The van der Waals surface area contributed by atoms with Crippen molar-refractivity contribution >= 4 is 0 Å². The fourth-order valence-electron chi connectivity index (χ4n) is 2.50. The van der Waals surface area contributed by atoms with Gasteiger partial charge in [0, 0.05) is 18.6 Å². The first-order valence-electron chi connectivity index (χ1n) is 8.16. The van der Waals surface area contributed by atoms with Crippen LogP contribution in [0.4, 0.5) is 0 Å². The van der Waals surface area contributed by atoms with Crippen molar-refractivity contribution in [3.05, 3.63) is 0 Å². The molecule has 0 fully saturated rings. The molecular weight excluding hydrogens is 234 g/mol. The lowest BCUT2D eigenvalue weighted by atomic mass is 9.85. The third-order valence-electron chi connectivity index (χ3n) is 3.89. The molecule has 0 radical (unpaired) electrons. The molecule has 0 saturated heterocycles. The Hall–Kier alpha value is -0.0800. The summed E-state index contributed by atoms with van der Waals surface area (Å²) in [6.45, 7) is 17.3. The van der Waals surface area contributed by atoms with Crippen LogP contribution in [0.1, 0.15) is 67.2 Å². The van der Waals surface area contributed by atoms with Crippen LogP contribution < -0.4 is 0 Å². The Morgan fingerprint density at radius 2 is 1.47 bits per heavy atom. The van der Waals surface area contributed by atoms with Gasteiger partial charge in [-0.05, 0) is 44.2 Å². The predicted molar refractivity (Wildman–Crippen MR) is 85.5 cm³/mol. The number of hydrogen-bond donors (Lipinski definition) is 1. The first-order chi connectivity index (χ1) is 8.83. The number of nitrogens with zero attached hydrogens (tertiary/aromatic N) is 1. The van der Waals surface area contributed by atoms with Gasteiger partial charge in [0.05, 0.1) is 0 Å². The maximum absolute atomic E-state index is 9.69. The van der Waals surface area contributed by atoms with Gasteiger partial charge in [-0.2, -0.15) is 0 Å². The summed E-state index contributed by atoms with van der Waals surface area (Å²) >= 11 is 0. The van der Waals surface area contributed by atoms with Crippen LogP contribution in [-0.2, 0) is 0 Å². The van der Waals surface area contributed by atoms with Gasteiger partial charge in [0.15, 0.2) is 0 Å². The van der Waals surface area contributed by atoms with Crippen molar-refractivity contribution < 1.29 is 5.11 Å². The van der Waals surface area contributed by atoms with Crippen molar-refractivity contribution in [3.8, 4) is 0 Å². The molecule has 0 amide bonds. The molecule has 1 atom stereocenters. The van der Waals surface area contributed by atoms with Crippen molar-refractivity contribution in [2.24, 2.45) is 17.3 Å². The topological polar surface area (TPSA) is 23.5 Å². The summed E-state index contributed by atoms with van der Waals surface area (Å²) in [5.74, 6) is 1.52. The molecule has 0 rings (SSSR count). The van der Waals surface area contributed by atoms with E-state index in [2.05, 4.69) is 46.4 Å². The summed E-state index contributed by atoms with van der Waals surface area (Å²) in [6, 6.07) is 0. The van der Waals surface area contributed by atoms with E-state index in [9.17, 15) is 5.11 Å². The number of rotatable bonds is 11. The van der Waals surface area contributed by atoms with Gasteiger partial charge in [0.2, 0.25) is 0 Å². The quantitative estimate of drug-likeness (QED) is 0.609. The minimum atomic E-state index is 0.0721. The number of hydrogen-bond acceptors (Lipinski definition) is 2. The molecule has 2 nitrogen and oxygen atoms in total. The third-order valence-corrected chi connectivity index (χ3v) is 3.89. The Kier molecular flexibility index (Phi) is 9.72. The lowest BCUT2D eigenvalue weighted by Gasteiger charge is -2.35. The zero-order valence-corrected chi connectivity index (χ0v) is 14.2. The van der Waals surface area contributed by atoms with E-state index in [1.807, 2.05) is 0 Å².